The summed E-state index contributed by atoms with van der Waals surface area (Å²) in [7, 11) is 0. The van der Waals surface area contributed by atoms with Crippen LogP contribution in [0, 0.1) is 19.7 Å². The van der Waals surface area contributed by atoms with Crippen LogP contribution in [0.4, 0.5) is 4.39 Å². The number of nitrogens with one attached hydrogen (secondary N) is 1. The fraction of sp³-hybridized carbons (Fsp3) is 0.136. The number of imidazole rings is 1. The van der Waals surface area contributed by atoms with Crippen molar-refractivity contribution in [1.29, 1.82) is 0 Å². The van der Waals surface area contributed by atoms with Crippen molar-refractivity contribution in [1.82, 2.24) is 19.9 Å². The summed E-state index contributed by atoms with van der Waals surface area (Å²) in [6, 6.07) is 13.9. The number of aryl methyl sites for hydroxylation is 2. The molecule has 0 radical (unpaired) electrons. The van der Waals surface area contributed by atoms with Crippen molar-refractivity contribution >= 4 is 16.8 Å². The summed E-state index contributed by atoms with van der Waals surface area (Å²) < 4.78 is 15.5. The third kappa shape index (κ3) is 3.49. The molecule has 4 rings (SSSR count). The molecular weight excluding hydrogens is 355 g/mol. The van der Waals surface area contributed by atoms with Crippen molar-refractivity contribution in [3.8, 4) is 5.69 Å². The van der Waals surface area contributed by atoms with Crippen LogP contribution in [0.2, 0.25) is 0 Å². The molecule has 0 atom stereocenters. The zero-order valence-corrected chi connectivity index (χ0v) is 15.6. The van der Waals surface area contributed by atoms with Crippen LogP contribution in [-0.4, -0.2) is 20.4 Å². The van der Waals surface area contributed by atoms with Crippen molar-refractivity contribution in [2.24, 2.45) is 0 Å². The molecule has 140 valence electrons. The van der Waals surface area contributed by atoms with E-state index in [-0.39, 0.29) is 11.7 Å². The van der Waals surface area contributed by atoms with E-state index in [1.807, 2.05) is 42.0 Å². The van der Waals surface area contributed by atoms with Crippen molar-refractivity contribution in [3.63, 3.8) is 0 Å². The molecule has 0 bridgehead atoms. The number of amides is 1. The third-order valence-corrected chi connectivity index (χ3v) is 4.64. The van der Waals surface area contributed by atoms with Gasteiger partial charge in [0.2, 0.25) is 0 Å². The number of pyridine rings is 1. The number of nitrogens with zero attached hydrogens (tertiary/aromatic N) is 3. The predicted octanol–water partition coefficient (Wildman–Crippen LogP) is 4.11. The number of hydrogen-bond acceptors (Lipinski definition) is 3. The van der Waals surface area contributed by atoms with E-state index in [2.05, 4.69) is 15.3 Å². The summed E-state index contributed by atoms with van der Waals surface area (Å²) in [5.41, 5.74) is 3.64. The second kappa shape index (κ2) is 7.23. The van der Waals surface area contributed by atoms with Crippen molar-refractivity contribution in [2.75, 3.05) is 0 Å². The molecule has 1 amide bonds. The lowest BCUT2D eigenvalue weighted by Gasteiger charge is -2.10. The Morgan fingerprint density at radius 2 is 1.89 bits per heavy atom. The average molecular weight is 374 g/mol. The summed E-state index contributed by atoms with van der Waals surface area (Å²) >= 11 is 0. The molecule has 28 heavy (non-hydrogen) atoms. The van der Waals surface area contributed by atoms with Crippen molar-refractivity contribution < 1.29 is 9.18 Å². The van der Waals surface area contributed by atoms with Crippen molar-refractivity contribution in [3.05, 3.63) is 89.4 Å². The SMILES string of the molecule is Cc1cc(C(=O)NCc2ccc(-n3ccnc3C)cc2)c2ccc(F)cc2n1. The van der Waals surface area contributed by atoms with Crippen LogP contribution in [-0.2, 0) is 6.54 Å². The fourth-order valence-corrected chi connectivity index (χ4v) is 3.22. The number of benzene rings is 2. The Labute approximate surface area is 161 Å². The third-order valence-electron chi connectivity index (χ3n) is 4.64. The number of rotatable bonds is 4. The number of halogens is 1. The van der Waals surface area contributed by atoms with Gasteiger partial charge in [0.15, 0.2) is 0 Å². The number of carbonyl (C=O) groups excluding carboxylic acids is 1. The minimum Gasteiger partial charge on any atom is -0.348 e. The molecule has 0 aliphatic heterocycles. The van der Waals surface area contributed by atoms with Gasteiger partial charge in [0, 0.05) is 41.8 Å². The molecule has 4 aromatic rings. The van der Waals surface area contributed by atoms with Gasteiger partial charge in [-0.05, 0) is 49.7 Å². The Balaban J connectivity index is 1.52. The van der Waals surface area contributed by atoms with Crippen LogP contribution in [0.5, 0.6) is 0 Å². The molecule has 0 fully saturated rings. The first kappa shape index (κ1) is 17.9. The van der Waals surface area contributed by atoms with Crippen LogP contribution in [0.1, 0.15) is 27.4 Å². The Kier molecular flexibility index (Phi) is 4.61. The quantitative estimate of drug-likeness (QED) is 0.585. The average Bonchev–Trinajstić information content (AvgIpc) is 3.11. The largest absolute Gasteiger partial charge is 0.348 e. The molecule has 0 aliphatic carbocycles. The van der Waals surface area contributed by atoms with Gasteiger partial charge in [0.1, 0.15) is 11.6 Å². The van der Waals surface area contributed by atoms with Gasteiger partial charge in [-0.25, -0.2) is 9.37 Å². The minimum atomic E-state index is -0.370. The van der Waals surface area contributed by atoms with Gasteiger partial charge in [-0.15, -0.1) is 0 Å². The van der Waals surface area contributed by atoms with E-state index in [4.69, 9.17) is 0 Å². The molecule has 2 heterocycles. The van der Waals surface area contributed by atoms with E-state index >= 15 is 0 Å². The highest BCUT2D eigenvalue weighted by Gasteiger charge is 2.12. The highest BCUT2D eigenvalue weighted by molar-refractivity contribution is 6.06. The highest BCUT2D eigenvalue weighted by Crippen LogP contribution is 2.20. The van der Waals surface area contributed by atoms with Gasteiger partial charge in [0.25, 0.3) is 5.91 Å². The minimum absolute atomic E-state index is 0.211. The Hall–Kier alpha value is -3.54. The number of fused-ring (bicyclic) bond motifs is 1. The summed E-state index contributed by atoms with van der Waals surface area (Å²) in [5.74, 6) is 0.333. The maximum absolute atomic E-state index is 13.5. The van der Waals surface area contributed by atoms with Gasteiger partial charge in [-0.1, -0.05) is 12.1 Å². The topological polar surface area (TPSA) is 59.8 Å². The molecule has 5 nitrogen and oxygen atoms in total. The zero-order chi connectivity index (χ0) is 19.7. The smallest absolute Gasteiger partial charge is 0.252 e. The molecule has 0 unspecified atom stereocenters. The maximum Gasteiger partial charge on any atom is 0.252 e. The summed E-state index contributed by atoms with van der Waals surface area (Å²) in [6.07, 6.45) is 3.67. The number of carbonyl (C=O) groups is 1. The van der Waals surface area contributed by atoms with E-state index in [1.54, 1.807) is 25.3 Å². The monoisotopic (exact) mass is 374 g/mol. The van der Waals surface area contributed by atoms with Crippen LogP contribution >= 0.6 is 0 Å². The molecular formula is C22H19FN4O. The van der Waals surface area contributed by atoms with Gasteiger partial charge < -0.3 is 9.88 Å². The van der Waals surface area contributed by atoms with Crippen molar-refractivity contribution in [2.45, 2.75) is 20.4 Å². The Bertz CT molecular complexity index is 1160. The van der Waals surface area contributed by atoms with Gasteiger partial charge in [-0.2, -0.15) is 0 Å². The van der Waals surface area contributed by atoms with Gasteiger partial charge in [0.05, 0.1) is 11.1 Å². The molecule has 0 aliphatic rings. The van der Waals surface area contributed by atoms with Crippen LogP contribution in [0.3, 0.4) is 0 Å². The van der Waals surface area contributed by atoms with E-state index in [0.29, 0.717) is 28.7 Å². The molecule has 1 N–H and O–H groups in total. The first-order valence-electron chi connectivity index (χ1n) is 8.95. The predicted molar refractivity (Wildman–Crippen MR) is 106 cm³/mol. The summed E-state index contributed by atoms with van der Waals surface area (Å²) in [6.45, 7) is 4.13. The van der Waals surface area contributed by atoms with E-state index in [0.717, 1.165) is 17.1 Å². The molecule has 0 saturated heterocycles. The molecule has 2 aromatic carbocycles. The number of aromatic nitrogens is 3. The standard InChI is InChI=1S/C22H19FN4O/c1-14-11-20(19-8-5-17(23)12-21(19)26-14)22(28)25-13-16-3-6-18(7-4-16)27-10-9-24-15(27)2/h3-12H,13H2,1-2H3,(H,25,28). The second-order valence-corrected chi connectivity index (χ2v) is 6.67. The Morgan fingerprint density at radius 3 is 2.61 bits per heavy atom. The lowest BCUT2D eigenvalue weighted by Crippen LogP contribution is -2.23. The molecule has 0 saturated carbocycles. The second-order valence-electron chi connectivity index (χ2n) is 6.67. The lowest BCUT2D eigenvalue weighted by molar-refractivity contribution is 0.0952. The lowest BCUT2D eigenvalue weighted by atomic mass is 10.1. The molecule has 0 spiro atoms. The molecule has 6 heteroatoms. The normalized spacial score (nSPS) is 11.0. The van der Waals surface area contributed by atoms with Gasteiger partial charge >= 0.3 is 0 Å². The van der Waals surface area contributed by atoms with Crippen LogP contribution in [0.15, 0.2) is 60.9 Å². The zero-order valence-electron chi connectivity index (χ0n) is 15.6. The number of hydrogen-bond donors (Lipinski definition) is 1. The van der Waals surface area contributed by atoms with Gasteiger partial charge in [-0.3, -0.25) is 9.78 Å². The van der Waals surface area contributed by atoms with E-state index < -0.39 is 0 Å². The Morgan fingerprint density at radius 1 is 1.11 bits per heavy atom. The van der Waals surface area contributed by atoms with E-state index in [1.165, 1.54) is 12.1 Å². The fourth-order valence-electron chi connectivity index (χ4n) is 3.22. The van der Waals surface area contributed by atoms with Crippen LogP contribution < -0.4 is 5.32 Å². The summed E-state index contributed by atoms with van der Waals surface area (Å²) in [5, 5.41) is 3.57. The maximum atomic E-state index is 13.5. The summed E-state index contributed by atoms with van der Waals surface area (Å²) in [4.78, 5) is 21.3. The highest BCUT2D eigenvalue weighted by atomic mass is 19.1. The molecule has 2 aromatic heterocycles. The van der Waals surface area contributed by atoms with Crippen LogP contribution in [0.25, 0.3) is 16.6 Å². The van der Waals surface area contributed by atoms with E-state index in [9.17, 15) is 9.18 Å². The first-order chi connectivity index (χ1) is 13.5. The first-order valence-corrected chi connectivity index (χ1v) is 8.95.